The predicted octanol–water partition coefficient (Wildman–Crippen LogP) is 3.75. The number of hydrogen-bond donors (Lipinski definition) is 0. The predicted molar refractivity (Wildman–Crippen MR) is 154 cm³/mol. The van der Waals surface area contributed by atoms with Gasteiger partial charge in [-0.1, -0.05) is 26.0 Å². The topological polar surface area (TPSA) is 98.5 Å². The molecule has 0 aliphatic carbocycles. The van der Waals surface area contributed by atoms with Gasteiger partial charge in [-0.05, 0) is 50.5 Å². The molecule has 2 fully saturated rings. The summed E-state index contributed by atoms with van der Waals surface area (Å²) in [5, 5.41) is 0. The first-order chi connectivity index (χ1) is 19.3. The van der Waals surface area contributed by atoms with Crippen molar-refractivity contribution in [3.8, 4) is 5.95 Å². The minimum absolute atomic E-state index is 0.199. The molecular weight excluding hydrogens is 506 g/mol. The number of para-hydroxylation sites is 2. The molecule has 0 bridgehead atoms. The van der Waals surface area contributed by atoms with Crippen molar-refractivity contribution in [2.24, 2.45) is 5.92 Å². The lowest BCUT2D eigenvalue weighted by atomic mass is 9.88. The van der Waals surface area contributed by atoms with Crippen LogP contribution in [0.25, 0.3) is 28.0 Å². The summed E-state index contributed by atoms with van der Waals surface area (Å²) < 4.78 is 12.7. The molecule has 0 saturated carbocycles. The van der Waals surface area contributed by atoms with Crippen molar-refractivity contribution in [3.05, 3.63) is 47.9 Å². The van der Waals surface area contributed by atoms with E-state index in [1.807, 2.05) is 32.0 Å². The van der Waals surface area contributed by atoms with Crippen LogP contribution in [0, 0.1) is 5.92 Å². The number of rotatable bonds is 7. The molecule has 6 rings (SSSR count). The average Bonchev–Trinajstić information content (AvgIpc) is 3.34. The number of benzene rings is 1. The lowest BCUT2D eigenvalue weighted by Gasteiger charge is -2.47. The molecule has 210 valence electrons. The molecule has 1 aromatic carbocycles. The van der Waals surface area contributed by atoms with Gasteiger partial charge in [0.15, 0.2) is 5.82 Å². The van der Waals surface area contributed by atoms with Gasteiger partial charge >= 0.3 is 5.97 Å². The van der Waals surface area contributed by atoms with Crippen LogP contribution in [0.1, 0.15) is 45.1 Å². The Morgan fingerprint density at radius 1 is 1.02 bits per heavy atom. The number of hydrogen-bond acceptors (Lipinski definition) is 9. The highest BCUT2D eigenvalue weighted by molar-refractivity contribution is 5.87. The molecule has 10 nitrogen and oxygen atoms in total. The number of carbonyl (C=O) groups is 1. The van der Waals surface area contributed by atoms with Crippen LogP contribution in [0.2, 0.25) is 0 Å². The maximum absolute atomic E-state index is 12.2. The molecule has 2 aliphatic heterocycles. The fourth-order valence-corrected chi connectivity index (χ4v) is 5.71. The van der Waals surface area contributed by atoms with Gasteiger partial charge in [0, 0.05) is 37.8 Å². The zero-order valence-electron chi connectivity index (χ0n) is 23.9. The summed E-state index contributed by atoms with van der Waals surface area (Å²) in [5.74, 6) is 2.80. The Kier molecular flexibility index (Phi) is 6.92. The summed E-state index contributed by atoms with van der Waals surface area (Å²) in [7, 11) is 1.44. The molecule has 0 N–H and O–H groups in total. The monoisotopic (exact) mass is 543 g/mol. The van der Waals surface area contributed by atoms with E-state index in [-0.39, 0.29) is 11.9 Å². The third-order valence-electron chi connectivity index (χ3n) is 8.11. The Hall–Kier alpha value is -3.63. The normalized spacial score (nSPS) is 17.1. The SMILES string of the molecule is COC(=O)C(C)(C)N1CC(Cc2ccc3nc(-n4c(C(C)C)nc5ccccc54)nc(N4CCOCC4)c3n2)C1. The van der Waals surface area contributed by atoms with Crippen LogP contribution >= 0.6 is 0 Å². The van der Waals surface area contributed by atoms with Crippen LogP contribution in [0.4, 0.5) is 5.82 Å². The zero-order valence-corrected chi connectivity index (χ0v) is 23.9. The number of anilines is 1. The first kappa shape index (κ1) is 26.6. The molecule has 0 unspecified atom stereocenters. The molecule has 0 radical (unpaired) electrons. The van der Waals surface area contributed by atoms with Gasteiger partial charge in [-0.25, -0.2) is 15.0 Å². The molecule has 10 heteroatoms. The second-order valence-corrected chi connectivity index (χ2v) is 11.6. The minimum atomic E-state index is -0.623. The number of carbonyl (C=O) groups excluding carboxylic acids is 1. The van der Waals surface area contributed by atoms with Crippen LogP contribution in [0.3, 0.4) is 0 Å². The Labute approximate surface area is 234 Å². The molecule has 0 atom stereocenters. The number of aromatic nitrogens is 5. The number of fused-ring (bicyclic) bond motifs is 2. The minimum Gasteiger partial charge on any atom is -0.468 e. The van der Waals surface area contributed by atoms with Crippen molar-refractivity contribution in [1.82, 2.24) is 29.4 Å². The summed E-state index contributed by atoms with van der Waals surface area (Å²) in [5.41, 5.74) is 3.93. The number of methoxy groups -OCH3 is 1. The summed E-state index contributed by atoms with van der Waals surface area (Å²) in [6, 6.07) is 12.3. The number of esters is 1. The van der Waals surface area contributed by atoms with Crippen molar-refractivity contribution in [1.29, 1.82) is 0 Å². The van der Waals surface area contributed by atoms with E-state index in [9.17, 15) is 4.79 Å². The third-order valence-corrected chi connectivity index (χ3v) is 8.11. The van der Waals surface area contributed by atoms with Gasteiger partial charge in [0.25, 0.3) is 0 Å². The standard InChI is InChI=1S/C30H37N7O3/c1-19(2)26-32-22-8-6-7-9-24(22)37(26)29-33-23-11-10-21(16-20-17-36(18-20)30(3,4)28(38)39-5)31-25(23)27(34-29)35-12-14-40-15-13-35/h6-11,19-20H,12-18H2,1-5H3. The van der Waals surface area contributed by atoms with Crippen LogP contribution < -0.4 is 4.90 Å². The van der Waals surface area contributed by atoms with Crippen molar-refractivity contribution < 1.29 is 14.3 Å². The largest absolute Gasteiger partial charge is 0.468 e. The third kappa shape index (κ3) is 4.69. The summed E-state index contributed by atoms with van der Waals surface area (Å²) in [6.07, 6.45) is 0.831. The first-order valence-corrected chi connectivity index (χ1v) is 14.1. The quantitative estimate of drug-likeness (QED) is 0.323. The molecule has 0 spiro atoms. The van der Waals surface area contributed by atoms with E-state index in [1.54, 1.807) is 0 Å². The molecule has 4 aromatic rings. The summed E-state index contributed by atoms with van der Waals surface area (Å²) >= 11 is 0. The zero-order chi connectivity index (χ0) is 28.0. The lowest BCUT2D eigenvalue weighted by molar-refractivity contribution is -0.157. The molecular formula is C30H37N7O3. The van der Waals surface area contributed by atoms with Crippen LogP contribution in [-0.2, 0) is 20.7 Å². The number of nitrogens with zero attached hydrogens (tertiary/aromatic N) is 7. The van der Waals surface area contributed by atoms with Crippen molar-refractivity contribution in [2.75, 3.05) is 51.4 Å². The fourth-order valence-electron chi connectivity index (χ4n) is 5.71. The van der Waals surface area contributed by atoms with Gasteiger partial charge in [0.2, 0.25) is 5.95 Å². The van der Waals surface area contributed by atoms with E-state index >= 15 is 0 Å². The molecule has 40 heavy (non-hydrogen) atoms. The number of imidazole rings is 1. The van der Waals surface area contributed by atoms with Gasteiger partial charge in [0.1, 0.15) is 16.9 Å². The molecule has 5 heterocycles. The highest BCUT2D eigenvalue weighted by Crippen LogP contribution is 2.32. The van der Waals surface area contributed by atoms with Crippen LogP contribution in [0.5, 0.6) is 0 Å². The van der Waals surface area contributed by atoms with E-state index in [1.165, 1.54) is 7.11 Å². The number of likely N-dealkylation sites (tertiary alicyclic amines) is 1. The van der Waals surface area contributed by atoms with Gasteiger partial charge in [-0.3, -0.25) is 14.3 Å². The van der Waals surface area contributed by atoms with Crippen molar-refractivity contribution in [3.63, 3.8) is 0 Å². The van der Waals surface area contributed by atoms with Crippen molar-refractivity contribution >= 4 is 33.9 Å². The number of pyridine rings is 1. The van der Waals surface area contributed by atoms with E-state index in [4.69, 9.17) is 29.4 Å². The highest BCUT2D eigenvalue weighted by Gasteiger charge is 2.43. The van der Waals surface area contributed by atoms with Crippen molar-refractivity contribution in [2.45, 2.75) is 45.6 Å². The number of morpholine rings is 1. The van der Waals surface area contributed by atoms with Gasteiger partial charge in [-0.15, -0.1) is 0 Å². The average molecular weight is 544 g/mol. The summed E-state index contributed by atoms with van der Waals surface area (Å²) in [4.78, 5) is 36.8. The van der Waals surface area contributed by atoms with Crippen LogP contribution in [0.15, 0.2) is 36.4 Å². The second-order valence-electron chi connectivity index (χ2n) is 11.6. The van der Waals surface area contributed by atoms with E-state index < -0.39 is 5.54 Å². The second kappa shape index (κ2) is 10.4. The Morgan fingerprint density at radius 2 is 1.77 bits per heavy atom. The smallest absolute Gasteiger partial charge is 0.325 e. The Balaban J connectivity index is 1.37. The molecule has 2 aliphatic rings. The maximum atomic E-state index is 12.2. The molecule has 3 aromatic heterocycles. The Morgan fingerprint density at radius 3 is 2.50 bits per heavy atom. The van der Waals surface area contributed by atoms with Gasteiger partial charge < -0.3 is 14.4 Å². The molecule has 0 amide bonds. The van der Waals surface area contributed by atoms with Crippen LogP contribution in [-0.4, -0.2) is 87.4 Å². The lowest BCUT2D eigenvalue weighted by Crippen LogP contribution is -2.61. The van der Waals surface area contributed by atoms with Gasteiger partial charge in [0.05, 0.1) is 36.9 Å². The van der Waals surface area contributed by atoms with E-state index in [2.05, 4.69) is 46.4 Å². The highest BCUT2D eigenvalue weighted by atomic mass is 16.5. The molecule has 2 saturated heterocycles. The fraction of sp³-hybridized carbons (Fsp3) is 0.500. The van der Waals surface area contributed by atoms with E-state index in [0.29, 0.717) is 25.1 Å². The maximum Gasteiger partial charge on any atom is 0.325 e. The first-order valence-electron chi connectivity index (χ1n) is 14.1. The van der Waals surface area contributed by atoms with E-state index in [0.717, 1.165) is 72.0 Å². The Bertz CT molecular complexity index is 1550. The summed E-state index contributed by atoms with van der Waals surface area (Å²) in [6.45, 7) is 12.6. The van der Waals surface area contributed by atoms with Gasteiger partial charge in [-0.2, -0.15) is 4.98 Å². The number of ether oxygens (including phenoxy) is 2.